The average Bonchev–Trinajstić information content (AvgIpc) is 2.89. The van der Waals surface area contributed by atoms with Crippen LogP contribution in [0.2, 0.25) is 0 Å². The molecule has 0 saturated heterocycles. The van der Waals surface area contributed by atoms with Crippen molar-refractivity contribution >= 4 is 21.8 Å². The zero-order valence-corrected chi connectivity index (χ0v) is 17.0. The molecular formula is C20H22N2O6S. The number of carbonyl (C=O) groups excluding carboxylic acids is 2. The zero-order valence-electron chi connectivity index (χ0n) is 16.2. The number of rotatable bonds is 8. The SMILES string of the molecule is CCOc1ccc(CNC(=O)CN2C(=O)c3ccccc3S2(=O)=O)cc1OCC. The smallest absolute Gasteiger partial charge is 0.269 e. The minimum absolute atomic E-state index is 0.0770. The topological polar surface area (TPSA) is 102 Å². The maximum Gasteiger partial charge on any atom is 0.269 e. The van der Waals surface area contributed by atoms with Gasteiger partial charge in [-0.25, -0.2) is 12.7 Å². The van der Waals surface area contributed by atoms with Gasteiger partial charge in [0.05, 0.1) is 18.8 Å². The minimum atomic E-state index is -4.01. The predicted molar refractivity (Wildman–Crippen MR) is 105 cm³/mol. The van der Waals surface area contributed by atoms with E-state index in [1.54, 1.807) is 24.3 Å². The van der Waals surface area contributed by atoms with Crippen LogP contribution in [0.4, 0.5) is 0 Å². The third kappa shape index (κ3) is 4.19. The van der Waals surface area contributed by atoms with Crippen molar-refractivity contribution in [3.05, 3.63) is 53.6 Å². The van der Waals surface area contributed by atoms with Crippen LogP contribution in [0.1, 0.15) is 29.8 Å². The summed E-state index contributed by atoms with van der Waals surface area (Å²) in [6, 6.07) is 11.2. The quantitative estimate of drug-likeness (QED) is 0.703. The molecule has 2 aromatic rings. The van der Waals surface area contributed by atoms with Crippen molar-refractivity contribution < 1.29 is 27.5 Å². The first-order valence-corrected chi connectivity index (χ1v) is 10.6. The Labute approximate surface area is 169 Å². The number of sulfonamides is 1. The van der Waals surface area contributed by atoms with Crippen molar-refractivity contribution in [1.82, 2.24) is 9.62 Å². The molecule has 8 nitrogen and oxygen atoms in total. The van der Waals surface area contributed by atoms with Crippen LogP contribution < -0.4 is 14.8 Å². The van der Waals surface area contributed by atoms with E-state index in [0.717, 1.165) is 5.56 Å². The lowest BCUT2D eigenvalue weighted by molar-refractivity contribution is -0.121. The summed E-state index contributed by atoms with van der Waals surface area (Å²) in [5.74, 6) is -0.109. The molecule has 1 aliphatic heterocycles. The lowest BCUT2D eigenvalue weighted by Gasteiger charge is -2.15. The van der Waals surface area contributed by atoms with E-state index in [0.29, 0.717) is 29.0 Å². The van der Waals surface area contributed by atoms with Gasteiger partial charge >= 0.3 is 0 Å². The fourth-order valence-electron chi connectivity index (χ4n) is 2.98. The van der Waals surface area contributed by atoms with E-state index in [1.807, 2.05) is 13.8 Å². The van der Waals surface area contributed by atoms with Crippen molar-refractivity contribution in [1.29, 1.82) is 0 Å². The largest absolute Gasteiger partial charge is 0.490 e. The van der Waals surface area contributed by atoms with Crippen LogP contribution in [-0.2, 0) is 21.4 Å². The molecule has 0 spiro atoms. The van der Waals surface area contributed by atoms with E-state index < -0.39 is 28.4 Å². The molecule has 0 aliphatic carbocycles. The van der Waals surface area contributed by atoms with Crippen molar-refractivity contribution in [2.45, 2.75) is 25.3 Å². The van der Waals surface area contributed by atoms with Crippen molar-refractivity contribution in [2.24, 2.45) is 0 Å². The van der Waals surface area contributed by atoms with E-state index in [9.17, 15) is 18.0 Å². The minimum Gasteiger partial charge on any atom is -0.490 e. The van der Waals surface area contributed by atoms with Crippen molar-refractivity contribution in [3.63, 3.8) is 0 Å². The first kappa shape index (κ1) is 20.7. The predicted octanol–water partition coefficient (Wildman–Crippen LogP) is 1.94. The number of benzene rings is 2. The van der Waals surface area contributed by atoms with Gasteiger partial charge in [-0.1, -0.05) is 18.2 Å². The van der Waals surface area contributed by atoms with E-state index in [-0.39, 0.29) is 17.0 Å². The molecule has 3 rings (SSSR count). The molecule has 0 saturated carbocycles. The molecule has 0 aromatic heterocycles. The van der Waals surface area contributed by atoms with Crippen LogP contribution in [0, 0.1) is 0 Å². The van der Waals surface area contributed by atoms with Gasteiger partial charge in [0.2, 0.25) is 5.91 Å². The molecule has 2 amide bonds. The third-order valence-corrected chi connectivity index (χ3v) is 6.08. The molecule has 0 unspecified atom stereocenters. The molecule has 9 heteroatoms. The summed E-state index contributed by atoms with van der Waals surface area (Å²) >= 11 is 0. The van der Waals surface area contributed by atoms with Gasteiger partial charge in [0.1, 0.15) is 11.4 Å². The number of nitrogens with one attached hydrogen (secondary N) is 1. The van der Waals surface area contributed by atoms with Gasteiger partial charge in [0, 0.05) is 6.54 Å². The second kappa shape index (κ2) is 8.52. The normalized spacial score (nSPS) is 14.4. The van der Waals surface area contributed by atoms with Gasteiger partial charge in [-0.05, 0) is 43.7 Å². The number of hydrogen-bond donors (Lipinski definition) is 1. The molecular weight excluding hydrogens is 396 g/mol. The molecule has 2 aromatic carbocycles. The molecule has 0 radical (unpaired) electrons. The summed E-state index contributed by atoms with van der Waals surface area (Å²) in [7, 11) is -4.01. The highest BCUT2D eigenvalue weighted by Gasteiger charge is 2.41. The van der Waals surface area contributed by atoms with Gasteiger partial charge in [0.25, 0.3) is 15.9 Å². The fraction of sp³-hybridized carbons (Fsp3) is 0.300. The van der Waals surface area contributed by atoms with Crippen LogP contribution in [0.25, 0.3) is 0 Å². The lowest BCUT2D eigenvalue weighted by Crippen LogP contribution is -2.40. The van der Waals surface area contributed by atoms with Gasteiger partial charge in [-0.2, -0.15) is 0 Å². The molecule has 1 heterocycles. The van der Waals surface area contributed by atoms with Crippen molar-refractivity contribution in [3.8, 4) is 11.5 Å². The Morgan fingerprint density at radius 1 is 1.03 bits per heavy atom. The monoisotopic (exact) mass is 418 g/mol. The number of fused-ring (bicyclic) bond motifs is 1. The molecule has 1 N–H and O–H groups in total. The van der Waals surface area contributed by atoms with Crippen LogP contribution in [0.15, 0.2) is 47.4 Å². The Morgan fingerprint density at radius 2 is 1.72 bits per heavy atom. The summed E-state index contributed by atoms with van der Waals surface area (Å²) in [4.78, 5) is 24.6. The van der Waals surface area contributed by atoms with Crippen LogP contribution >= 0.6 is 0 Å². The summed E-state index contributed by atoms with van der Waals surface area (Å²) < 4.78 is 36.7. The van der Waals surface area contributed by atoms with Gasteiger partial charge in [-0.15, -0.1) is 0 Å². The molecule has 0 bridgehead atoms. The molecule has 0 fully saturated rings. The second-order valence-corrected chi connectivity index (χ2v) is 8.07. The van der Waals surface area contributed by atoms with Crippen molar-refractivity contribution in [2.75, 3.05) is 19.8 Å². The number of amides is 2. The molecule has 29 heavy (non-hydrogen) atoms. The fourth-order valence-corrected chi connectivity index (χ4v) is 4.50. The maximum absolute atomic E-state index is 12.5. The Morgan fingerprint density at radius 3 is 2.41 bits per heavy atom. The Hall–Kier alpha value is -3.07. The van der Waals surface area contributed by atoms with E-state index in [1.165, 1.54) is 18.2 Å². The third-order valence-electron chi connectivity index (χ3n) is 4.30. The Bertz CT molecular complexity index is 1040. The highest BCUT2D eigenvalue weighted by molar-refractivity contribution is 7.90. The van der Waals surface area contributed by atoms with Crippen LogP contribution in [-0.4, -0.2) is 44.3 Å². The maximum atomic E-state index is 12.5. The van der Waals surface area contributed by atoms with E-state index in [4.69, 9.17) is 9.47 Å². The van der Waals surface area contributed by atoms with E-state index >= 15 is 0 Å². The highest BCUT2D eigenvalue weighted by atomic mass is 32.2. The Kier molecular flexibility index (Phi) is 6.07. The number of ether oxygens (including phenoxy) is 2. The van der Waals surface area contributed by atoms with E-state index in [2.05, 4.69) is 5.32 Å². The molecule has 1 aliphatic rings. The van der Waals surface area contributed by atoms with Crippen LogP contribution in [0.5, 0.6) is 11.5 Å². The first-order chi connectivity index (χ1) is 13.9. The number of nitrogens with zero attached hydrogens (tertiary/aromatic N) is 1. The summed E-state index contributed by atoms with van der Waals surface area (Å²) in [5, 5.41) is 2.64. The Balaban J connectivity index is 1.66. The lowest BCUT2D eigenvalue weighted by atomic mass is 10.2. The van der Waals surface area contributed by atoms with Crippen LogP contribution in [0.3, 0.4) is 0 Å². The highest BCUT2D eigenvalue weighted by Crippen LogP contribution is 2.30. The number of hydrogen-bond acceptors (Lipinski definition) is 6. The number of carbonyl (C=O) groups is 2. The summed E-state index contributed by atoms with van der Waals surface area (Å²) in [5.41, 5.74) is 0.831. The van der Waals surface area contributed by atoms with Gasteiger partial charge in [-0.3, -0.25) is 9.59 Å². The summed E-state index contributed by atoms with van der Waals surface area (Å²) in [6.45, 7) is 4.26. The first-order valence-electron chi connectivity index (χ1n) is 9.19. The average molecular weight is 418 g/mol. The van der Waals surface area contributed by atoms with Gasteiger partial charge < -0.3 is 14.8 Å². The zero-order chi connectivity index (χ0) is 21.0. The van der Waals surface area contributed by atoms with Gasteiger partial charge in [0.15, 0.2) is 11.5 Å². The molecule has 0 atom stereocenters. The second-order valence-electron chi connectivity index (χ2n) is 6.24. The molecule has 154 valence electrons. The summed E-state index contributed by atoms with van der Waals surface area (Å²) in [6.07, 6.45) is 0. The standard InChI is InChI=1S/C20H22N2O6S/c1-3-27-16-10-9-14(11-17(16)28-4-2)12-21-19(23)13-22-20(24)15-7-5-6-8-18(15)29(22,25)26/h5-11H,3-4,12-13H2,1-2H3,(H,21,23).